The van der Waals surface area contributed by atoms with Gasteiger partial charge in [0.25, 0.3) is 5.91 Å². The molecule has 2 rings (SSSR count). The Kier molecular flexibility index (Phi) is 4.04. The van der Waals surface area contributed by atoms with E-state index in [-0.39, 0.29) is 11.7 Å². The molecule has 5 heteroatoms. The number of carbonyl (C=O) groups is 1. The third kappa shape index (κ3) is 2.73. The summed E-state index contributed by atoms with van der Waals surface area (Å²) in [5, 5.41) is 9.38. The van der Waals surface area contributed by atoms with Crippen molar-refractivity contribution in [2.75, 3.05) is 6.54 Å². The molecule has 1 N–H and O–H groups in total. The lowest BCUT2D eigenvalue weighted by Gasteiger charge is -2.11. The number of rotatable bonds is 3. The highest BCUT2D eigenvalue weighted by atomic mass is 32.2. The third-order valence-corrected chi connectivity index (χ3v) is 3.87. The summed E-state index contributed by atoms with van der Waals surface area (Å²) in [6.45, 7) is 2.67. The van der Waals surface area contributed by atoms with Crippen LogP contribution in [0.3, 0.4) is 0 Å². The molecule has 0 aromatic heterocycles. The van der Waals surface area contributed by atoms with Gasteiger partial charge < -0.3 is 5.11 Å². The first-order valence-electron chi connectivity index (χ1n) is 5.66. The van der Waals surface area contributed by atoms with Crippen molar-refractivity contribution in [3.05, 3.63) is 34.7 Å². The van der Waals surface area contributed by atoms with Gasteiger partial charge in [-0.05, 0) is 30.2 Å². The van der Waals surface area contributed by atoms with Gasteiger partial charge in [-0.2, -0.15) is 0 Å². The number of amides is 1. The summed E-state index contributed by atoms with van der Waals surface area (Å²) < 4.78 is 0.605. The maximum atomic E-state index is 12.1. The van der Waals surface area contributed by atoms with Crippen LogP contribution < -0.4 is 0 Å². The Balaban J connectivity index is 2.25. The fourth-order valence-corrected chi connectivity index (χ4v) is 2.99. The van der Waals surface area contributed by atoms with E-state index in [9.17, 15) is 9.90 Å². The number of thiocarbonyl (C=S) groups is 1. The molecule has 1 saturated heterocycles. The lowest BCUT2D eigenvalue weighted by atomic mass is 10.2. The molecule has 1 aromatic rings. The molecule has 1 aliphatic rings. The molecule has 3 nitrogen and oxygen atoms in total. The average Bonchev–Trinajstić information content (AvgIpc) is 2.57. The van der Waals surface area contributed by atoms with Crippen molar-refractivity contribution in [2.24, 2.45) is 0 Å². The van der Waals surface area contributed by atoms with Gasteiger partial charge in [-0.1, -0.05) is 43.0 Å². The number of phenolic OH excluding ortho intramolecular Hbond substituents is 1. The summed E-state index contributed by atoms with van der Waals surface area (Å²) in [5.41, 5.74) is 0.798. The molecule has 0 spiro atoms. The number of aromatic hydroxyl groups is 1. The summed E-state index contributed by atoms with van der Waals surface area (Å²) in [4.78, 5) is 14.3. The first-order valence-corrected chi connectivity index (χ1v) is 6.88. The Morgan fingerprint density at radius 2 is 2.28 bits per heavy atom. The SMILES string of the molecule is CCCN1C(=O)/C(=C/c2cccc(O)c2)SC1=S. The number of benzene rings is 1. The monoisotopic (exact) mass is 279 g/mol. The minimum absolute atomic E-state index is 0.0461. The van der Waals surface area contributed by atoms with Crippen molar-refractivity contribution in [2.45, 2.75) is 13.3 Å². The van der Waals surface area contributed by atoms with Gasteiger partial charge >= 0.3 is 0 Å². The molecule has 1 heterocycles. The first kappa shape index (κ1) is 13.1. The Morgan fingerprint density at radius 3 is 2.94 bits per heavy atom. The van der Waals surface area contributed by atoms with Crippen LogP contribution in [-0.4, -0.2) is 26.8 Å². The molecular formula is C13H13NO2S2. The Bertz CT molecular complexity index is 525. The predicted octanol–water partition coefficient (Wildman–Crippen LogP) is 3.00. The van der Waals surface area contributed by atoms with Gasteiger partial charge in [0, 0.05) is 6.54 Å². The van der Waals surface area contributed by atoms with E-state index in [0.29, 0.717) is 15.8 Å². The topological polar surface area (TPSA) is 40.5 Å². The molecule has 0 saturated carbocycles. The van der Waals surface area contributed by atoms with Crippen LogP contribution in [-0.2, 0) is 4.79 Å². The normalized spacial score (nSPS) is 17.8. The standard InChI is InChI=1S/C13H13NO2S2/c1-2-6-14-12(16)11(18-13(14)17)8-9-4-3-5-10(15)7-9/h3-5,7-8,15H,2,6H2,1H3/b11-8-. The summed E-state index contributed by atoms with van der Waals surface area (Å²) >= 11 is 6.49. The van der Waals surface area contributed by atoms with Crippen LogP contribution in [0.2, 0.25) is 0 Å². The van der Waals surface area contributed by atoms with Gasteiger partial charge in [0.2, 0.25) is 0 Å². The summed E-state index contributed by atoms with van der Waals surface area (Å²) in [6, 6.07) is 6.80. The van der Waals surface area contributed by atoms with E-state index < -0.39 is 0 Å². The first-order chi connectivity index (χ1) is 8.61. The minimum atomic E-state index is -0.0461. The molecule has 1 aromatic carbocycles. The highest BCUT2D eigenvalue weighted by Crippen LogP contribution is 2.32. The number of nitrogens with zero attached hydrogens (tertiary/aromatic N) is 1. The van der Waals surface area contributed by atoms with Gasteiger partial charge in [-0.15, -0.1) is 0 Å². The number of hydrogen-bond donors (Lipinski definition) is 1. The van der Waals surface area contributed by atoms with Crippen LogP contribution in [0, 0.1) is 0 Å². The second-order valence-corrected chi connectivity index (χ2v) is 5.60. The number of thioether (sulfide) groups is 1. The van der Waals surface area contributed by atoms with Crippen LogP contribution in [0.4, 0.5) is 0 Å². The van der Waals surface area contributed by atoms with Crippen molar-refractivity contribution in [1.29, 1.82) is 0 Å². The van der Waals surface area contributed by atoms with E-state index in [0.717, 1.165) is 12.0 Å². The molecule has 1 fully saturated rings. The van der Waals surface area contributed by atoms with E-state index in [1.165, 1.54) is 11.8 Å². The zero-order chi connectivity index (χ0) is 13.1. The third-order valence-electron chi connectivity index (χ3n) is 2.49. The number of phenols is 1. The maximum Gasteiger partial charge on any atom is 0.266 e. The molecule has 0 bridgehead atoms. The number of carbonyl (C=O) groups excluding carboxylic acids is 1. The van der Waals surface area contributed by atoms with Crippen molar-refractivity contribution >= 4 is 40.3 Å². The lowest BCUT2D eigenvalue weighted by molar-refractivity contribution is -0.122. The quantitative estimate of drug-likeness (QED) is 0.682. The molecule has 0 unspecified atom stereocenters. The summed E-state index contributed by atoms with van der Waals surface area (Å²) in [5.74, 6) is 0.142. The molecular weight excluding hydrogens is 266 g/mol. The fraction of sp³-hybridized carbons (Fsp3) is 0.231. The van der Waals surface area contributed by atoms with Gasteiger partial charge in [0.15, 0.2) is 0 Å². The Hall–Kier alpha value is -1.33. The van der Waals surface area contributed by atoms with Gasteiger partial charge in [0.1, 0.15) is 10.1 Å². The van der Waals surface area contributed by atoms with Crippen molar-refractivity contribution in [3.63, 3.8) is 0 Å². The molecule has 18 heavy (non-hydrogen) atoms. The number of hydrogen-bond acceptors (Lipinski definition) is 4. The zero-order valence-electron chi connectivity index (χ0n) is 9.92. The second kappa shape index (κ2) is 5.54. The van der Waals surface area contributed by atoms with Crippen LogP contribution in [0.1, 0.15) is 18.9 Å². The van der Waals surface area contributed by atoms with Crippen molar-refractivity contribution in [3.8, 4) is 5.75 Å². The fourth-order valence-electron chi connectivity index (χ4n) is 1.68. The molecule has 1 aliphatic heterocycles. The van der Waals surface area contributed by atoms with Crippen molar-refractivity contribution in [1.82, 2.24) is 4.90 Å². The summed E-state index contributed by atoms with van der Waals surface area (Å²) in [6.07, 6.45) is 2.64. The smallest absolute Gasteiger partial charge is 0.266 e. The van der Waals surface area contributed by atoms with Gasteiger partial charge in [0.05, 0.1) is 4.91 Å². The van der Waals surface area contributed by atoms with E-state index >= 15 is 0 Å². The molecule has 0 radical (unpaired) electrons. The summed E-state index contributed by atoms with van der Waals surface area (Å²) in [7, 11) is 0. The van der Waals surface area contributed by atoms with Crippen LogP contribution in [0.5, 0.6) is 5.75 Å². The van der Waals surface area contributed by atoms with Gasteiger partial charge in [-0.3, -0.25) is 9.69 Å². The predicted molar refractivity (Wildman–Crippen MR) is 78.3 cm³/mol. The Labute approximate surface area is 115 Å². The molecule has 1 amide bonds. The highest BCUT2D eigenvalue weighted by Gasteiger charge is 2.30. The highest BCUT2D eigenvalue weighted by molar-refractivity contribution is 8.26. The molecule has 0 aliphatic carbocycles. The lowest BCUT2D eigenvalue weighted by Crippen LogP contribution is -2.28. The van der Waals surface area contributed by atoms with Crippen LogP contribution >= 0.6 is 24.0 Å². The average molecular weight is 279 g/mol. The maximum absolute atomic E-state index is 12.1. The Morgan fingerprint density at radius 1 is 1.50 bits per heavy atom. The van der Waals surface area contributed by atoms with Crippen LogP contribution in [0.25, 0.3) is 6.08 Å². The zero-order valence-corrected chi connectivity index (χ0v) is 11.6. The van der Waals surface area contributed by atoms with Crippen LogP contribution in [0.15, 0.2) is 29.2 Å². The minimum Gasteiger partial charge on any atom is -0.508 e. The van der Waals surface area contributed by atoms with E-state index in [2.05, 4.69) is 0 Å². The second-order valence-electron chi connectivity index (χ2n) is 3.93. The van der Waals surface area contributed by atoms with Crippen molar-refractivity contribution < 1.29 is 9.90 Å². The van der Waals surface area contributed by atoms with E-state index in [4.69, 9.17) is 12.2 Å². The van der Waals surface area contributed by atoms with E-state index in [1.54, 1.807) is 29.2 Å². The van der Waals surface area contributed by atoms with Gasteiger partial charge in [-0.25, -0.2) is 0 Å². The molecule has 0 atom stereocenters. The largest absolute Gasteiger partial charge is 0.508 e. The molecule has 94 valence electrons. The van der Waals surface area contributed by atoms with E-state index in [1.807, 2.05) is 13.0 Å².